The first-order valence-electron chi connectivity index (χ1n) is 10.4. The van der Waals surface area contributed by atoms with Crippen molar-refractivity contribution in [1.82, 2.24) is 0 Å². The molecule has 0 atom stereocenters. The topological polar surface area (TPSA) is 9.23 Å². The van der Waals surface area contributed by atoms with Crippen molar-refractivity contribution in [1.29, 1.82) is 0 Å². The molecular weight excluding hydrogens is 473 g/mol. The zero-order valence-corrected chi connectivity index (χ0v) is 18.1. The molecule has 178 valence electrons. The molecule has 0 aliphatic rings. The first kappa shape index (κ1) is 24.1. The molecule has 0 fully saturated rings. The van der Waals surface area contributed by atoms with Gasteiger partial charge in [-0.15, -0.1) is 0 Å². The molecule has 0 spiro atoms. The van der Waals surface area contributed by atoms with E-state index in [2.05, 4.69) is 11.8 Å². The standard InChI is InChI=1S/C27H15F7O/c1-2-7-35-17-12-22(30)25(23(31)13-17)16-10-20(28)19(21(29)11-16)6-4-14-3-5-18-15(8-14)9-24(32)27(34)26(18)33/h3,5,8-13H,2,7H2,1H3. The summed E-state index contributed by atoms with van der Waals surface area (Å²) < 4.78 is 104. The van der Waals surface area contributed by atoms with Gasteiger partial charge in [-0.2, -0.15) is 0 Å². The molecule has 4 rings (SSSR count). The lowest BCUT2D eigenvalue weighted by Crippen LogP contribution is -1.99. The minimum atomic E-state index is -1.61. The summed E-state index contributed by atoms with van der Waals surface area (Å²) in [6.45, 7) is 2.06. The molecule has 35 heavy (non-hydrogen) atoms. The summed E-state index contributed by atoms with van der Waals surface area (Å²) in [5, 5.41) is -0.187. The molecule has 8 heteroatoms. The van der Waals surface area contributed by atoms with Crippen molar-refractivity contribution >= 4 is 10.8 Å². The second-order valence-corrected chi connectivity index (χ2v) is 7.60. The van der Waals surface area contributed by atoms with Gasteiger partial charge in [0.25, 0.3) is 0 Å². The summed E-state index contributed by atoms with van der Waals surface area (Å²) in [7, 11) is 0. The average molecular weight is 488 g/mol. The fourth-order valence-electron chi connectivity index (χ4n) is 3.48. The third kappa shape index (κ3) is 4.80. The van der Waals surface area contributed by atoms with Crippen LogP contribution in [0.25, 0.3) is 21.9 Å². The zero-order chi connectivity index (χ0) is 25.3. The van der Waals surface area contributed by atoms with Gasteiger partial charge in [0.2, 0.25) is 0 Å². The molecule has 0 N–H and O–H groups in total. The summed E-state index contributed by atoms with van der Waals surface area (Å²) in [5.41, 5.74) is -1.53. The van der Waals surface area contributed by atoms with E-state index in [0.29, 0.717) is 6.42 Å². The van der Waals surface area contributed by atoms with E-state index in [9.17, 15) is 30.7 Å². The summed E-state index contributed by atoms with van der Waals surface area (Å²) in [6.07, 6.45) is 0.620. The van der Waals surface area contributed by atoms with Crippen LogP contribution in [-0.2, 0) is 0 Å². The number of rotatable bonds is 4. The fraction of sp³-hybridized carbons (Fsp3) is 0.111. The predicted molar refractivity (Wildman–Crippen MR) is 117 cm³/mol. The van der Waals surface area contributed by atoms with Crippen molar-refractivity contribution in [3.05, 3.63) is 100 Å². The van der Waals surface area contributed by atoms with Crippen LogP contribution in [0, 0.1) is 52.6 Å². The van der Waals surface area contributed by atoms with E-state index in [4.69, 9.17) is 4.74 Å². The van der Waals surface area contributed by atoms with Crippen molar-refractivity contribution < 1.29 is 35.5 Å². The highest BCUT2D eigenvalue weighted by atomic mass is 19.2. The molecule has 4 aromatic rings. The van der Waals surface area contributed by atoms with Crippen LogP contribution >= 0.6 is 0 Å². The van der Waals surface area contributed by atoms with Gasteiger partial charge in [0.05, 0.1) is 17.7 Å². The van der Waals surface area contributed by atoms with Crippen LogP contribution in [0.15, 0.2) is 48.5 Å². The smallest absolute Gasteiger partial charge is 0.195 e. The highest BCUT2D eigenvalue weighted by Crippen LogP contribution is 2.32. The van der Waals surface area contributed by atoms with E-state index >= 15 is 0 Å². The lowest BCUT2D eigenvalue weighted by atomic mass is 10.0. The first-order chi connectivity index (χ1) is 16.7. The molecule has 0 heterocycles. The van der Waals surface area contributed by atoms with Gasteiger partial charge in [0.15, 0.2) is 17.5 Å². The van der Waals surface area contributed by atoms with Crippen LogP contribution in [-0.4, -0.2) is 6.61 Å². The van der Waals surface area contributed by atoms with Gasteiger partial charge in [-0.3, -0.25) is 0 Å². The van der Waals surface area contributed by atoms with E-state index in [1.165, 1.54) is 12.1 Å². The summed E-state index contributed by atoms with van der Waals surface area (Å²) in [4.78, 5) is 0. The largest absolute Gasteiger partial charge is 0.493 e. The molecule has 4 aromatic carbocycles. The second kappa shape index (κ2) is 9.71. The predicted octanol–water partition coefficient (Wildman–Crippen LogP) is 7.67. The molecule has 0 aliphatic heterocycles. The quantitative estimate of drug-likeness (QED) is 0.163. The maximum atomic E-state index is 14.7. The second-order valence-electron chi connectivity index (χ2n) is 7.60. The number of fused-ring (bicyclic) bond motifs is 1. The minimum Gasteiger partial charge on any atom is -0.493 e. The Morgan fingerprint density at radius 2 is 1.34 bits per heavy atom. The highest BCUT2D eigenvalue weighted by Gasteiger charge is 2.18. The zero-order valence-electron chi connectivity index (χ0n) is 18.1. The Morgan fingerprint density at radius 3 is 1.97 bits per heavy atom. The molecule has 1 nitrogen and oxygen atoms in total. The van der Waals surface area contributed by atoms with Crippen molar-refractivity contribution in [2.45, 2.75) is 13.3 Å². The normalized spacial score (nSPS) is 10.9. The molecule has 0 radical (unpaired) electrons. The number of hydrogen-bond acceptors (Lipinski definition) is 1. The van der Waals surface area contributed by atoms with E-state index in [1.807, 2.05) is 6.92 Å². The molecule has 0 amide bonds. The van der Waals surface area contributed by atoms with Gasteiger partial charge in [-0.1, -0.05) is 24.8 Å². The van der Waals surface area contributed by atoms with Gasteiger partial charge < -0.3 is 4.74 Å². The molecular formula is C27H15F7O. The molecule has 0 aliphatic carbocycles. The van der Waals surface area contributed by atoms with Gasteiger partial charge >= 0.3 is 0 Å². The van der Waals surface area contributed by atoms with Crippen molar-refractivity contribution in [2.75, 3.05) is 6.61 Å². The lowest BCUT2D eigenvalue weighted by Gasteiger charge is -2.10. The van der Waals surface area contributed by atoms with Crippen LogP contribution < -0.4 is 4.74 Å². The van der Waals surface area contributed by atoms with Gasteiger partial charge in [-0.25, -0.2) is 30.7 Å². The average Bonchev–Trinajstić information content (AvgIpc) is 2.80. The number of benzene rings is 4. The number of hydrogen-bond donors (Lipinski definition) is 0. The third-order valence-corrected chi connectivity index (χ3v) is 5.12. The van der Waals surface area contributed by atoms with Gasteiger partial charge in [0.1, 0.15) is 29.0 Å². The molecule has 0 saturated heterocycles. The Balaban J connectivity index is 1.69. The van der Waals surface area contributed by atoms with Crippen molar-refractivity contribution in [3.8, 4) is 28.7 Å². The Bertz CT molecular complexity index is 1470. The summed E-state index contributed by atoms with van der Waals surface area (Å²) in [5.74, 6) is -4.13. The van der Waals surface area contributed by atoms with Crippen LogP contribution in [0.4, 0.5) is 30.7 Å². The van der Waals surface area contributed by atoms with Crippen molar-refractivity contribution in [2.24, 2.45) is 0 Å². The monoisotopic (exact) mass is 488 g/mol. The Labute approximate surface area is 195 Å². The van der Waals surface area contributed by atoms with Crippen LogP contribution in [0.3, 0.4) is 0 Å². The minimum absolute atomic E-state index is 0.00167. The number of halogens is 7. The van der Waals surface area contributed by atoms with E-state index in [0.717, 1.165) is 36.4 Å². The Kier molecular flexibility index (Phi) is 6.70. The van der Waals surface area contributed by atoms with E-state index in [1.54, 1.807) is 0 Å². The highest BCUT2D eigenvalue weighted by molar-refractivity contribution is 5.84. The Morgan fingerprint density at radius 1 is 0.686 bits per heavy atom. The maximum Gasteiger partial charge on any atom is 0.195 e. The lowest BCUT2D eigenvalue weighted by molar-refractivity contribution is 0.314. The molecule has 0 saturated carbocycles. The number of ether oxygens (including phenoxy) is 1. The van der Waals surface area contributed by atoms with Gasteiger partial charge in [0, 0.05) is 23.1 Å². The van der Waals surface area contributed by atoms with Gasteiger partial charge in [-0.05, 0) is 47.7 Å². The van der Waals surface area contributed by atoms with Crippen molar-refractivity contribution in [3.63, 3.8) is 0 Å². The van der Waals surface area contributed by atoms with Crippen LogP contribution in [0.2, 0.25) is 0 Å². The third-order valence-electron chi connectivity index (χ3n) is 5.12. The van der Waals surface area contributed by atoms with Crippen LogP contribution in [0.5, 0.6) is 5.75 Å². The molecule has 0 bridgehead atoms. The maximum absolute atomic E-state index is 14.7. The fourth-order valence-corrected chi connectivity index (χ4v) is 3.48. The Hall–Kier alpha value is -3.99. The van der Waals surface area contributed by atoms with E-state index < -0.39 is 51.8 Å². The summed E-state index contributed by atoms with van der Waals surface area (Å²) in [6, 6.07) is 7.77. The molecule has 0 unspecified atom stereocenters. The molecule has 0 aromatic heterocycles. The van der Waals surface area contributed by atoms with Crippen LogP contribution in [0.1, 0.15) is 24.5 Å². The first-order valence-corrected chi connectivity index (χ1v) is 10.4. The van der Waals surface area contributed by atoms with E-state index in [-0.39, 0.29) is 34.3 Å². The summed E-state index contributed by atoms with van der Waals surface area (Å²) >= 11 is 0. The SMILES string of the molecule is CCCOc1cc(F)c(-c2cc(F)c(C#Cc3ccc4c(F)c(F)c(F)cc4c3)c(F)c2)c(F)c1.